The van der Waals surface area contributed by atoms with Gasteiger partial charge in [0.25, 0.3) is 0 Å². The standard InChI is InChI=1S/C13H21N3O3S/c1-11(10-16-5-7-19-8-6-16)15-20(17,18)13-4-2-3-12(14)9-13/h2-4,9,11,15H,5-8,10,14H2,1H3. The van der Waals surface area contributed by atoms with Gasteiger partial charge in [0.2, 0.25) is 10.0 Å². The average Bonchev–Trinajstić information content (AvgIpc) is 2.39. The molecular formula is C13H21N3O3S. The molecular weight excluding hydrogens is 278 g/mol. The molecule has 1 fully saturated rings. The van der Waals surface area contributed by atoms with Crippen LogP contribution in [0.3, 0.4) is 0 Å². The third-order valence-electron chi connectivity index (χ3n) is 3.16. The summed E-state index contributed by atoms with van der Waals surface area (Å²) >= 11 is 0. The highest BCUT2D eigenvalue weighted by Crippen LogP contribution is 2.13. The first-order chi connectivity index (χ1) is 9.47. The van der Waals surface area contributed by atoms with E-state index in [1.165, 1.54) is 6.07 Å². The van der Waals surface area contributed by atoms with Gasteiger partial charge in [0.05, 0.1) is 18.1 Å². The Morgan fingerprint density at radius 1 is 1.40 bits per heavy atom. The number of rotatable bonds is 5. The first kappa shape index (κ1) is 15.2. The van der Waals surface area contributed by atoms with Gasteiger partial charge in [-0.05, 0) is 25.1 Å². The van der Waals surface area contributed by atoms with E-state index in [0.29, 0.717) is 25.4 Å². The smallest absolute Gasteiger partial charge is 0.240 e. The van der Waals surface area contributed by atoms with E-state index in [-0.39, 0.29) is 10.9 Å². The number of benzene rings is 1. The highest BCUT2D eigenvalue weighted by atomic mass is 32.2. The fourth-order valence-corrected chi connectivity index (χ4v) is 3.51. The molecule has 1 heterocycles. The minimum absolute atomic E-state index is 0.167. The van der Waals surface area contributed by atoms with Crippen LogP contribution in [0.4, 0.5) is 5.69 Å². The fourth-order valence-electron chi connectivity index (χ4n) is 2.22. The minimum atomic E-state index is -3.52. The van der Waals surface area contributed by atoms with Crippen LogP contribution in [0.25, 0.3) is 0 Å². The van der Waals surface area contributed by atoms with Crippen LogP contribution in [0.5, 0.6) is 0 Å². The molecule has 0 saturated carbocycles. The normalized spacial score (nSPS) is 18.9. The monoisotopic (exact) mass is 299 g/mol. The van der Waals surface area contributed by atoms with Gasteiger partial charge in [0, 0.05) is 31.4 Å². The topological polar surface area (TPSA) is 84.7 Å². The molecule has 112 valence electrons. The second-order valence-electron chi connectivity index (χ2n) is 5.01. The quantitative estimate of drug-likeness (QED) is 0.762. The van der Waals surface area contributed by atoms with Crippen molar-refractivity contribution in [3.63, 3.8) is 0 Å². The summed E-state index contributed by atoms with van der Waals surface area (Å²) in [6, 6.07) is 6.14. The number of nitrogens with two attached hydrogens (primary N) is 1. The molecule has 1 aliphatic heterocycles. The third-order valence-corrected chi connectivity index (χ3v) is 4.75. The molecule has 1 atom stereocenters. The lowest BCUT2D eigenvalue weighted by atomic mass is 10.3. The maximum Gasteiger partial charge on any atom is 0.240 e. The number of anilines is 1. The van der Waals surface area contributed by atoms with Crippen molar-refractivity contribution in [1.82, 2.24) is 9.62 Å². The van der Waals surface area contributed by atoms with Gasteiger partial charge in [-0.2, -0.15) is 0 Å². The van der Waals surface area contributed by atoms with Crippen LogP contribution < -0.4 is 10.5 Å². The van der Waals surface area contributed by atoms with E-state index >= 15 is 0 Å². The van der Waals surface area contributed by atoms with Crippen molar-refractivity contribution >= 4 is 15.7 Å². The van der Waals surface area contributed by atoms with Crippen molar-refractivity contribution in [3.05, 3.63) is 24.3 Å². The number of morpholine rings is 1. The van der Waals surface area contributed by atoms with Crippen molar-refractivity contribution in [3.8, 4) is 0 Å². The van der Waals surface area contributed by atoms with Crippen LogP contribution in [-0.2, 0) is 14.8 Å². The molecule has 20 heavy (non-hydrogen) atoms. The zero-order chi connectivity index (χ0) is 14.6. The van der Waals surface area contributed by atoms with Gasteiger partial charge < -0.3 is 10.5 Å². The van der Waals surface area contributed by atoms with Crippen LogP contribution in [0.1, 0.15) is 6.92 Å². The molecule has 0 amide bonds. The predicted octanol–water partition coefficient (Wildman–Crippen LogP) is 0.268. The summed E-state index contributed by atoms with van der Waals surface area (Å²) in [6.07, 6.45) is 0. The van der Waals surface area contributed by atoms with E-state index in [4.69, 9.17) is 10.5 Å². The lowest BCUT2D eigenvalue weighted by Gasteiger charge is -2.29. The highest BCUT2D eigenvalue weighted by molar-refractivity contribution is 7.89. The summed E-state index contributed by atoms with van der Waals surface area (Å²) in [5.74, 6) is 0. The molecule has 1 aromatic rings. The summed E-state index contributed by atoms with van der Waals surface area (Å²) in [5, 5.41) is 0. The summed E-state index contributed by atoms with van der Waals surface area (Å²) in [7, 11) is -3.52. The first-order valence-electron chi connectivity index (χ1n) is 6.65. The van der Waals surface area contributed by atoms with E-state index in [0.717, 1.165) is 13.1 Å². The van der Waals surface area contributed by atoms with Gasteiger partial charge in [-0.3, -0.25) is 4.90 Å². The maximum atomic E-state index is 12.2. The van der Waals surface area contributed by atoms with Crippen molar-refractivity contribution in [1.29, 1.82) is 0 Å². The van der Waals surface area contributed by atoms with Crippen molar-refractivity contribution in [2.24, 2.45) is 0 Å². The average molecular weight is 299 g/mol. The molecule has 1 unspecified atom stereocenters. The summed E-state index contributed by atoms with van der Waals surface area (Å²) in [5.41, 5.74) is 6.06. The molecule has 0 radical (unpaired) electrons. The molecule has 0 bridgehead atoms. The van der Waals surface area contributed by atoms with Crippen molar-refractivity contribution in [2.75, 3.05) is 38.6 Å². The zero-order valence-corrected chi connectivity index (χ0v) is 12.4. The second-order valence-corrected chi connectivity index (χ2v) is 6.72. The maximum absolute atomic E-state index is 12.2. The van der Waals surface area contributed by atoms with E-state index in [2.05, 4.69) is 9.62 Å². The highest BCUT2D eigenvalue weighted by Gasteiger charge is 2.20. The van der Waals surface area contributed by atoms with Crippen molar-refractivity contribution in [2.45, 2.75) is 17.9 Å². The van der Waals surface area contributed by atoms with Crippen LogP contribution in [0.2, 0.25) is 0 Å². The molecule has 1 aromatic carbocycles. The third kappa shape index (κ3) is 4.17. The first-order valence-corrected chi connectivity index (χ1v) is 8.14. The Bertz CT molecular complexity index is 542. The Labute approximate surface area is 120 Å². The van der Waals surface area contributed by atoms with Crippen LogP contribution >= 0.6 is 0 Å². The summed E-state index contributed by atoms with van der Waals surface area (Å²) in [4.78, 5) is 2.39. The second kappa shape index (κ2) is 6.53. The molecule has 7 heteroatoms. The van der Waals surface area contributed by atoms with Gasteiger partial charge in [-0.25, -0.2) is 13.1 Å². The Morgan fingerprint density at radius 2 is 2.10 bits per heavy atom. The van der Waals surface area contributed by atoms with Crippen LogP contribution in [0, 0.1) is 0 Å². The molecule has 0 spiro atoms. The molecule has 0 aromatic heterocycles. The largest absolute Gasteiger partial charge is 0.399 e. The summed E-state index contributed by atoms with van der Waals surface area (Å²) in [6.45, 7) is 5.61. The number of sulfonamides is 1. The van der Waals surface area contributed by atoms with E-state index in [1.807, 2.05) is 6.92 Å². The molecule has 1 aliphatic rings. The zero-order valence-electron chi connectivity index (χ0n) is 11.6. The Morgan fingerprint density at radius 3 is 2.75 bits per heavy atom. The SMILES string of the molecule is CC(CN1CCOCC1)NS(=O)(=O)c1cccc(N)c1. The van der Waals surface area contributed by atoms with Gasteiger partial charge in [0.1, 0.15) is 0 Å². The molecule has 6 nitrogen and oxygen atoms in total. The van der Waals surface area contributed by atoms with Crippen LogP contribution in [-0.4, -0.2) is 52.2 Å². The Balaban J connectivity index is 1.97. The molecule has 3 N–H and O–H groups in total. The minimum Gasteiger partial charge on any atom is -0.399 e. The van der Waals surface area contributed by atoms with E-state index in [9.17, 15) is 8.42 Å². The fraction of sp³-hybridized carbons (Fsp3) is 0.538. The molecule has 2 rings (SSSR count). The van der Waals surface area contributed by atoms with Gasteiger partial charge >= 0.3 is 0 Å². The number of ether oxygens (including phenoxy) is 1. The lowest BCUT2D eigenvalue weighted by Crippen LogP contribution is -2.45. The van der Waals surface area contributed by atoms with Crippen LogP contribution in [0.15, 0.2) is 29.2 Å². The van der Waals surface area contributed by atoms with E-state index in [1.54, 1.807) is 18.2 Å². The number of nitrogen functional groups attached to an aromatic ring is 1. The predicted molar refractivity (Wildman–Crippen MR) is 77.9 cm³/mol. The molecule has 0 aliphatic carbocycles. The van der Waals surface area contributed by atoms with Gasteiger partial charge in [-0.1, -0.05) is 6.07 Å². The number of nitrogens with one attached hydrogen (secondary N) is 1. The number of hydrogen-bond acceptors (Lipinski definition) is 5. The van der Waals surface area contributed by atoms with E-state index < -0.39 is 10.0 Å². The summed E-state index contributed by atoms with van der Waals surface area (Å²) < 4.78 is 32.4. The molecule has 1 saturated heterocycles. The Hall–Kier alpha value is -1.15. The Kier molecular flexibility index (Phi) is 4.98. The van der Waals surface area contributed by atoms with Gasteiger partial charge in [-0.15, -0.1) is 0 Å². The number of hydrogen-bond donors (Lipinski definition) is 2. The van der Waals surface area contributed by atoms with Gasteiger partial charge in [0.15, 0.2) is 0 Å². The lowest BCUT2D eigenvalue weighted by molar-refractivity contribution is 0.0354. The number of nitrogens with zero attached hydrogens (tertiary/aromatic N) is 1. The van der Waals surface area contributed by atoms with Crippen molar-refractivity contribution < 1.29 is 13.2 Å².